The quantitative estimate of drug-likeness (QED) is 0.542. The van der Waals surface area contributed by atoms with Crippen molar-refractivity contribution < 1.29 is 25.2 Å². The van der Waals surface area contributed by atoms with Gasteiger partial charge in [-0.25, -0.2) is 0 Å². The molecule has 0 radical (unpaired) electrons. The maximum atomic E-state index is 12.1. The molecule has 2 bridgehead atoms. The molecule has 9 atom stereocenters. The van der Waals surface area contributed by atoms with Crippen LogP contribution >= 0.6 is 0 Å². The van der Waals surface area contributed by atoms with Crippen LogP contribution in [0.3, 0.4) is 0 Å². The van der Waals surface area contributed by atoms with Gasteiger partial charge in [-0.2, -0.15) is 0 Å². The first-order valence-corrected chi connectivity index (χ1v) is 9.56. The van der Waals surface area contributed by atoms with Crippen LogP contribution in [0.1, 0.15) is 52.4 Å². The third-order valence-electron chi connectivity index (χ3n) is 8.77. The fourth-order valence-corrected chi connectivity index (χ4v) is 7.68. The van der Waals surface area contributed by atoms with Gasteiger partial charge < -0.3 is 20.4 Å². The second-order valence-electron chi connectivity index (χ2n) is 9.65. The maximum Gasteiger partial charge on any atom is 0.309 e. The molecule has 0 aromatic heterocycles. The summed E-state index contributed by atoms with van der Waals surface area (Å²) in [7, 11) is 0. The van der Waals surface area contributed by atoms with Crippen molar-refractivity contribution in [1.29, 1.82) is 0 Å². The molecule has 1 spiro atoms. The van der Waals surface area contributed by atoms with E-state index >= 15 is 0 Å². The van der Waals surface area contributed by atoms with Crippen LogP contribution in [-0.2, 0) is 4.79 Å². The molecule has 4 aliphatic rings. The van der Waals surface area contributed by atoms with E-state index in [2.05, 4.69) is 13.5 Å². The summed E-state index contributed by atoms with van der Waals surface area (Å²) < 4.78 is 0. The van der Waals surface area contributed by atoms with E-state index in [1.165, 1.54) is 0 Å². The topological polar surface area (TPSA) is 98.0 Å². The summed E-state index contributed by atoms with van der Waals surface area (Å²) in [4.78, 5) is 12.1. The first-order chi connectivity index (χ1) is 11.6. The zero-order valence-corrected chi connectivity index (χ0v) is 15.1. The summed E-state index contributed by atoms with van der Waals surface area (Å²) in [6.07, 6.45) is 1.81. The van der Waals surface area contributed by atoms with Crippen molar-refractivity contribution in [2.75, 3.05) is 0 Å². The van der Waals surface area contributed by atoms with E-state index in [0.29, 0.717) is 24.8 Å². The van der Waals surface area contributed by atoms with E-state index in [-0.39, 0.29) is 17.8 Å². The number of hydrogen-bond acceptors (Lipinski definition) is 4. The Bertz CT molecular complexity index is 632. The standard InChI is InChI=1S/C20H30O5/c1-10-11-9-20(16(10)23)8-5-12-18(2,15(20)14(22)13(11)21)6-4-7-19(12,3)17(24)25/h11-16,21-23H,1,4-9H2,2-3H3,(H,24,25). The molecule has 4 fully saturated rings. The van der Waals surface area contributed by atoms with E-state index in [4.69, 9.17) is 0 Å². The van der Waals surface area contributed by atoms with Gasteiger partial charge in [0.1, 0.15) is 0 Å². The van der Waals surface area contributed by atoms with Crippen LogP contribution in [0.2, 0.25) is 0 Å². The largest absolute Gasteiger partial charge is 0.481 e. The Kier molecular flexibility index (Phi) is 3.56. The lowest BCUT2D eigenvalue weighted by atomic mass is 9.40. The molecular formula is C20H30O5. The van der Waals surface area contributed by atoms with Crippen molar-refractivity contribution in [3.05, 3.63) is 12.2 Å². The number of carboxylic acid groups (broad SMARTS) is 1. The van der Waals surface area contributed by atoms with Gasteiger partial charge in [0.2, 0.25) is 0 Å². The summed E-state index contributed by atoms with van der Waals surface area (Å²) in [5, 5.41) is 42.6. The van der Waals surface area contributed by atoms with Gasteiger partial charge in [-0.05, 0) is 55.9 Å². The van der Waals surface area contributed by atoms with Crippen LogP contribution in [-0.4, -0.2) is 44.7 Å². The Morgan fingerprint density at radius 2 is 1.80 bits per heavy atom. The van der Waals surface area contributed by atoms with Gasteiger partial charge in [0.25, 0.3) is 0 Å². The molecular weight excluding hydrogens is 320 g/mol. The molecule has 140 valence electrons. The fraction of sp³-hybridized carbons (Fsp3) is 0.850. The predicted octanol–water partition coefficient (Wildman–Crippen LogP) is 1.95. The number of rotatable bonds is 1. The van der Waals surface area contributed by atoms with E-state index < -0.39 is 40.5 Å². The average Bonchev–Trinajstić information content (AvgIpc) is 2.76. The summed E-state index contributed by atoms with van der Waals surface area (Å²) in [6, 6.07) is 0. The molecule has 9 unspecified atom stereocenters. The first kappa shape index (κ1) is 17.5. The minimum atomic E-state index is -0.934. The lowest BCUT2D eigenvalue weighted by Gasteiger charge is -2.65. The van der Waals surface area contributed by atoms with Crippen LogP contribution in [0.4, 0.5) is 0 Å². The molecule has 4 aliphatic carbocycles. The highest BCUT2D eigenvalue weighted by molar-refractivity contribution is 5.75. The van der Waals surface area contributed by atoms with Crippen molar-refractivity contribution in [2.45, 2.75) is 70.7 Å². The van der Waals surface area contributed by atoms with Crippen LogP contribution in [0.15, 0.2) is 12.2 Å². The van der Waals surface area contributed by atoms with Crippen LogP contribution in [0.5, 0.6) is 0 Å². The van der Waals surface area contributed by atoms with Gasteiger partial charge in [-0.3, -0.25) is 4.79 Å². The zero-order chi connectivity index (χ0) is 18.4. The van der Waals surface area contributed by atoms with Gasteiger partial charge in [0, 0.05) is 17.3 Å². The van der Waals surface area contributed by atoms with Crippen LogP contribution in [0.25, 0.3) is 0 Å². The normalized spacial score (nSPS) is 57.7. The molecule has 4 rings (SSSR count). The summed E-state index contributed by atoms with van der Waals surface area (Å²) in [5.41, 5.74) is -1.03. The summed E-state index contributed by atoms with van der Waals surface area (Å²) >= 11 is 0. The van der Waals surface area contributed by atoms with Crippen molar-refractivity contribution in [3.8, 4) is 0 Å². The number of aliphatic hydroxyl groups is 3. The Morgan fingerprint density at radius 1 is 1.12 bits per heavy atom. The number of carboxylic acids is 1. The monoisotopic (exact) mass is 350 g/mol. The third-order valence-corrected chi connectivity index (χ3v) is 8.77. The molecule has 0 aliphatic heterocycles. The molecule has 5 nitrogen and oxygen atoms in total. The Hall–Kier alpha value is -0.910. The highest BCUT2D eigenvalue weighted by Crippen LogP contribution is 2.72. The molecule has 0 amide bonds. The maximum absolute atomic E-state index is 12.1. The predicted molar refractivity (Wildman–Crippen MR) is 91.6 cm³/mol. The number of aliphatic carboxylic acids is 1. The highest BCUT2D eigenvalue weighted by atomic mass is 16.4. The van der Waals surface area contributed by atoms with E-state index in [9.17, 15) is 25.2 Å². The van der Waals surface area contributed by atoms with Crippen molar-refractivity contribution in [2.24, 2.45) is 34.0 Å². The second-order valence-corrected chi connectivity index (χ2v) is 9.65. The average molecular weight is 350 g/mol. The number of carbonyl (C=O) groups is 1. The van der Waals surface area contributed by atoms with E-state index in [1.807, 2.05) is 6.92 Å². The SMILES string of the molecule is C=C1C2CC3(CCC4C(C)(C(=O)O)CCCC4(C)C3C(O)C2O)C1O. The highest BCUT2D eigenvalue weighted by Gasteiger charge is 2.71. The van der Waals surface area contributed by atoms with E-state index in [0.717, 1.165) is 19.3 Å². The molecule has 0 aromatic carbocycles. The molecule has 4 saturated carbocycles. The molecule has 5 heteroatoms. The van der Waals surface area contributed by atoms with Gasteiger partial charge in [-0.1, -0.05) is 19.9 Å². The lowest BCUT2D eigenvalue weighted by Crippen LogP contribution is -2.65. The van der Waals surface area contributed by atoms with Crippen LogP contribution < -0.4 is 0 Å². The molecule has 0 aromatic rings. The Labute approximate surface area is 148 Å². The molecule has 4 N–H and O–H groups in total. The Balaban J connectivity index is 1.84. The van der Waals surface area contributed by atoms with Crippen LogP contribution in [0, 0.1) is 34.0 Å². The van der Waals surface area contributed by atoms with Gasteiger partial charge in [-0.15, -0.1) is 0 Å². The lowest BCUT2D eigenvalue weighted by molar-refractivity contribution is -0.230. The van der Waals surface area contributed by atoms with Crippen molar-refractivity contribution >= 4 is 5.97 Å². The zero-order valence-electron chi connectivity index (χ0n) is 15.1. The van der Waals surface area contributed by atoms with Gasteiger partial charge >= 0.3 is 5.97 Å². The first-order valence-electron chi connectivity index (χ1n) is 9.56. The van der Waals surface area contributed by atoms with E-state index in [1.54, 1.807) is 0 Å². The Morgan fingerprint density at radius 3 is 2.44 bits per heavy atom. The summed E-state index contributed by atoms with van der Waals surface area (Å²) in [6.45, 7) is 7.95. The minimum absolute atomic E-state index is 0.0543. The minimum Gasteiger partial charge on any atom is -0.481 e. The number of aliphatic hydroxyl groups excluding tert-OH is 3. The smallest absolute Gasteiger partial charge is 0.309 e. The van der Waals surface area contributed by atoms with Gasteiger partial charge in [0.15, 0.2) is 0 Å². The fourth-order valence-electron chi connectivity index (χ4n) is 7.68. The molecule has 25 heavy (non-hydrogen) atoms. The van der Waals surface area contributed by atoms with Crippen molar-refractivity contribution in [3.63, 3.8) is 0 Å². The summed E-state index contributed by atoms with van der Waals surface area (Å²) in [5.74, 6) is -1.37. The number of hydrogen-bond donors (Lipinski definition) is 4. The molecule has 0 saturated heterocycles. The molecule has 0 heterocycles. The third kappa shape index (κ3) is 1.87. The second kappa shape index (κ2) is 5.08. The number of fused-ring (bicyclic) bond motifs is 3. The van der Waals surface area contributed by atoms with Gasteiger partial charge in [0.05, 0.1) is 23.7 Å². The van der Waals surface area contributed by atoms with Crippen molar-refractivity contribution in [1.82, 2.24) is 0 Å².